The summed E-state index contributed by atoms with van der Waals surface area (Å²) in [5.74, 6) is 1.37. The zero-order valence-electron chi connectivity index (χ0n) is 15.3. The highest BCUT2D eigenvalue weighted by Crippen LogP contribution is 2.30. The predicted molar refractivity (Wildman–Crippen MR) is 95.5 cm³/mol. The van der Waals surface area contributed by atoms with Crippen molar-refractivity contribution < 1.29 is 23.8 Å². The standard InChI is InChI=1S/C19H26N2O5/c1-24-16-9-6-13(10-17(16)25-2)4-3-5-18(22)20-11-15-12-21(14-7-8-14)19(23)26-15/h6,9-10,14-15H,3-5,7-8,11-12H2,1-2H3,(H,20,22). The molecule has 0 spiro atoms. The number of rotatable bonds is 9. The van der Waals surface area contributed by atoms with Crippen LogP contribution in [0.1, 0.15) is 31.2 Å². The number of carbonyl (C=O) groups is 2. The van der Waals surface area contributed by atoms with Gasteiger partial charge in [-0.05, 0) is 43.4 Å². The normalized spacial score (nSPS) is 19.2. The Bertz CT molecular complexity index is 659. The zero-order valence-corrected chi connectivity index (χ0v) is 15.3. The lowest BCUT2D eigenvalue weighted by atomic mass is 10.1. The fourth-order valence-electron chi connectivity index (χ4n) is 3.14. The minimum atomic E-state index is -0.250. The van der Waals surface area contributed by atoms with Gasteiger partial charge in [0.25, 0.3) is 0 Å². The number of ether oxygens (including phenoxy) is 3. The van der Waals surface area contributed by atoms with Gasteiger partial charge in [-0.15, -0.1) is 0 Å². The summed E-state index contributed by atoms with van der Waals surface area (Å²) < 4.78 is 15.8. The van der Waals surface area contributed by atoms with Crippen molar-refractivity contribution >= 4 is 12.0 Å². The maximum Gasteiger partial charge on any atom is 0.410 e. The van der Waals surface area contributed by atoms with Crippen LogP contribution in [0.15, 0.2) is 18.2 Å². The summed E-state index contributed by atoms with van der Waals surface area (Å²) in [6.45, 7) is 0.958. The topological polar surface area (TPSA) is 77.1 Å². The van der Waals surface area contributed by atoms with E-state index >= 15 is 0 Å². The summed E-state index contributed by atoms with van der Waals surface area (Å²) in [5.41, 5.74) is 1.10. The largest absolute Gasteiger partial charge is 0.493 e. The minimum absolute atomic E-state index is 0.0219. The minimum Gasteiger partial charge on any atom is -0.493 e. The van der Waals surface area contributed by atoms with Crippen molar-refractivity contribution in [3.63, 3.8) is 0 Å². The summed E-state index contributed by atoms with van der Waals surface area (Å²) in [6.07, 6.45) is 3.58. The van der Waals surface area contributed by atoms with E-state index in [1.165, 1.54) is 0 Å². The number of nitrogens with zero attached hydrogens (tertiary/aromatic N) is 1. The predicted octanol–water partition coefficient (Wildman–Crippen LogP) is 2.13. The van der Waals surface area contributed by atoms with Gasteiger partial charge in [0.2, 0.25) is 5.91 Å². The van der Waals surface area contributed by atoms with Crippen LogP contribution in [-0.2, 0) is 16.0 Å². The van der Waals surface area contributed by atoms with Gasteiger partial charge in [0.1, 0.15) is 6.10 Å². The van der Waals surface area contributed by atoms with Gasteiger partial charge in [-0.25, -0.2) is 4.79 Å². The van der Waals surface area contributed by atoms with Crippen LogP contribution in [0.2, 0.25) is 0 Å². The van der Waals surface area contributed by atoms with Crippen LogP contribution in [0.3, 0.4) is 0 Å². The van der Waals surface area contributed by atoms with Gasteiger partial charge in [-0.1, -0.05) is 6.07 Å². The van der Waals surface area contributed by atoms with Crippen molar-refractivity contribution in [1.82, 2.24) is 10.2 Å². The lowest BCUT2D eigenvalue weighted by Gasteiger charge is -2.12. The number of hydrogen-bond acceptors (Lipinski definition) is 5. The quantitative estimate of drug-likeness (QED) is 0.728. The molecule has 0 bridgehead atoms. The Morgan fingerprint density at radius 2 is 2.04 bits per heavy atom. The molecule has 2 amide bonds. The van der Waals surface area contributed by atoms with Crippen molar-refractivity contribution in [3.05, 3.63) is 23.8 Å². The van der Waals surface area contributed by atoms with Gasteiger partial charge in [-0.3, -0.25) is 4.79 Å². The van der Waals surface area contributed by atoms with Gasteiger partial charge < -0.3 is 24.4 Å². The smallest absolute Gasteiger partial charge is 0.410 e. The second-order valence-electron chi connectivity index (χ2n) is 6.74. The van der Waals surface area contributed by atoms with Gasteiger partial charge in [0, 0.05) is 12.5 Å². The van der Waals surface area contributed by atoms with Crippen LogP contribution in [0.4, 0.5) is 4.79 Å². The summed E-state index contributed by atoms with van der Waals surface area (Å²) in [4.78, 5) is 25.5. The zero-order chi connectivity index (χ0) is 18.5. The van der Waals surface area contributed by atoms with E-state index in [9.17, 15) is 9.59 Å². The lowest BCUT2D eigenvalue weighted by molar-refractivity contribution is -0.121. The van der Waals surface area contributed by atoms with E-state index in [0.29, 0.717) is 37.1 Å². The molecule has 1 aromatic carbocycles. The molecule has 0 radical (unpaired) electrons. The van der Waals surface area contributed by atoms with Crippen molar-refractivity contribution in [2.45, 2.75) is 44.2 Å². The Balaban J connectivity index is 1.36. The van der Waals surface area contributed by atoms with E-state index < -0.39 is 0 Å². The maximum atomic E-state index is 12.0. The Morgan fingerprint density at radius 3 is 2.73 bits per heavy atom. The van der Waals surface area contributed by atoms with Crippen LogP contribution in [0, 0.1) is 0 Å². The number of nitrogens with one attached hydrogen (secondary N) is 1. The van der Waals surface area contributed by atoms with Crippen LogP contribution in [0.25, 0.3) is 0 Å². The first kappa shape index (κ1) is 18.4. The fourth-order valence-corrected chi connectivity index (χ4v) is 3.14. The van der Waals surface area contributed by atoms with E-state index in [0.717, 1.165) is 31.2 Å². The molecule has 1 atom stereocenters. The van der Waals surface area contributed by atoms with Gasteiger partial charge in [-0.2, -0.15) is 0 Å². The molecule has 1 aliphatic carbocycles. The van der Waals surface area contributed by atoms with Crippen molar-refractivity contribution in [2.75, 3.05) is 27.3 Å². The molecule has 142 valence electrons. The van der Waals surface area contributed by atoms with E-state index in [1.54, 1.807) is 19.1 Å². The molecule has 7 heteroatoms. The molecule has 2 fully saturated rings. The first-order valence-corrected chi connectivity index (χ1v) is 9.05. The first-order valence-electron chi connectivity index (χ1n) is 9.05. The van der Waals surface area contributed by atoms with Crippen molar-refractivity contribution in [3.8, 4) is 11.5 Å². The number of hydrogen-bond donors (Lipinski definition) is 1. The molecule has 1 heterocycles. The SMILES string of the molecule is COc1ccc(CCCC(=O)NCC2CN(C3CC3)C(=O)O2)cc1OC. The fraction of sp³-hybridized carbons (Fsp3) is 0.579. The molecule has 2 aliphatic rings. The second kappa shape index (κ2) is 8.29. The lowest BCUT2D eigenvalue weighted by Crippen LogP contribution is -2.34. The van der Waals surface area contributed by atoms with Crippen LogP contribution < -0.4 is 14.8 Å². The Kier molecular flexibility index (Phi) is 5.85. The number of carbonyl (C=O) groups excluding carboxylic acids is 2. The van der Waals surface area contributed by atoms with E-state index in [4.69, 9.17) is 14.2 Å². The average Bonchev–Trinajstić information content (AvgIpc) is 3.42. The maximum absolute atomic E-state index is 12.0. The van der Waals surface area contributed by atoms with Crippen molar-refractivity contribution in [2.24, 2.45) is 0 Å². The third-order valence-corrected chi connectivity index (χ3v) is 4.73. The molecule has 1 unspecified atom stereocenters. The third kappa shape index (κ3) is 4.59. The van der Waals surface area contributed by atoms with E-state index in [-0.39, 0.29) is 18.1 Å². The number of cyclic esters (lactones) is 1. The van der Waals surface area contributed by atoms with E-state index in [2.05, 4.69) is 5.32 Å². The Labute approximate surface area is 153 Å². The number of benzene rings is 1. The molecule has 1 saturated heterocycles. The summed E-state index contributed by atoms with van der Waals surface area (Å²) in [7, 11) is 3.21. The molecule has 1 N–H and O–H groups in total. The Morgan fingerprint density at radius 1 is 1.27 bits per heavy atom. The van der Waals surface area contributed by atoms with Crippen LogP contribution >= 0.6 is 0 Å². The van der Waals surface area contributed by atoms with Gasteiger partial charge in [0.05, 0.1) is 27.3 Å². The second-order valence-corrected chi connectivity index (χ2v) is 6.74. The highest BCUT2D eigenvalue weighted by Gasteiger charge is 2.40. The summed E-state index contributed by atoms with van der Waals surface area (Å²) >= 11 is 0. The molecule has 0 aromatic heterocycles. The van der Waals surface area contributed by atoms with Crippen molar-refractivity contribution in [1.29, 1.82) is 0 Å². The third-order valence-electron chi connectivity index (χ3n) is 4.73. The molecule has 26 heavy (non-hydrogen) atoms. The molecule has 1 aromatic rings. The van der Waals surface area contributed by atoms with Gasteiger partial charge in [0.15, 0.2) is 11.5 Å². The highest BCUT2D eigenvalue weighted by molar-refractivity contribution is 5.76. The monoisotopic (exact) mass is 362 g/mol. The highest BCUT2D eigenvalue weighted by atomic mass is 16.6. The molecule has 3 rings (SSSR count). The van der Waals surface area contributed by atoms with Crippen LogP contribution in [-0.4, -0.2) is 56.4 Å². The molecule has 1 aliphatic heterocycles. The summed E-state index contributed by atoms with van der Waals surface area (Å²) in [6, 6.07) is 6.13. The number of aryl methyl sites for hydroxylation is 1. The van der Waals surface area contributed by atoms with Crippen LogP contribution in [0.5, 0.6) is 11.5 Å². The first-order chi connectivity index (χ1) is 12.6. The molecule has 7 nitrogen and oxygen atoms in total. The Hall–Kier alpha value is -2.44. The molecular formula is C19H26N2O5. The summed E-state index contributed by atoms with van der Waals surface area (Å²) in [5, 5.41) is 2.86. The number of methoxy groups -OCH3 is 2. The molecule has 1 saturated carbocycles. The van der Waals surface area contributed by atoms with Gasteiger partial charge >= 0.3 is 6.09 Å². The van der Waals surface area contributed by atoms with E-state index in [1.807, 2.05) is 18.2 Å². The average molecular weight is 362 g/mol. The number of amides is 2. The molecular weight excluding hydrogens is 336 g/mol.